The number of methoxy groups -OCH3 is 2. The molecule has 1 unspecified atom stereocenters. The minimum atomic E-state index is -0.769. The lowest BCUT2D eigenvalue weighted by atomic mass is 9.94. The molecule has 1 aliphatic rings. The zero-order valence-corrected chi connectivity index (χ0v) is 18.9. The number of hydrogen-bond donors (Lipinski definition) is 1. The average Bonchev–Trinajstić information content (AvgIpc) is 3.05. The maximum absolute atomic E-state index is 13.1. The number of nitrogens with zero attached hydrogens (tertiary/aromatic N) is 1. The van der Waals surface area contributed by atoms with E-state index in [1.807, 2.05) is 26.0 Å². The molecule has 7 heteroatoms. The van der Waals surface area contributed by atoms with E-state index in [1.54, 1.807) is 37.4 Å². The van der Waals surface area contributed by atoms with Crippen molar-refractivity contribution in [1.82, 2.24) is 4.90 Å². The highest BCUT2D eigenvalue weighted by atomic mass is 16.5. The second kappa shape index (κ2) is 10.3. The standard InChI is InChI=1S/C25H29NO6/c1-5-32-19-12-11-17(15-16(19)2)23(27)21-22(18-9-6-7-10-20(18)31-4)26(13-8-14-30-3)25(29)24(21)28/h6-7,9-12,15,22,27H,5,8,13-14H2,1-4H3/b23-21+. The fourth-order valence-electron chi connectivity index (χ4n) is 3.98. The van der Waals surface area contributed by atoms with Gasteiger partial charge in [-0.2, -0.15) is 0 Å². The van der Waals surface area contributed by atoms with Crippen LogP contribution >= 0.6 is 0 Å². The van der Waals surface area contributed by atoms with Gasteiger partial charge in [0.05, 0.1) is 25.3 Å². The average molecular weight is 440 g/mol. The smallest absolute Gasteiger partial charge is 0.295 e. The summed E-state index contributed by atoms with van der Waals surface area (Å²) in [6.45, 7) is 5.03. The van der Waals surface area contributed by atoms with E-state index in [4.69, 9.17) is 14.2 Å². The summed E-state index contributed by atoms with van der Waals surface area (Å²) >= 11 is 0. The molecule has 1 saturated heterocycles. The van der Waals surface area contributed by atoms with Crippen LogP contribution in [0.25, 0.3) is 5.76 Å². The number of carbonyl (C=O) groups is 2. The number of Topliss-reactive ketones (excluding diaryl/α,β-unsaturated/α-hetero) is 1. The predicted octanol–water partition coefficient (Wildman–Crippen LogP) is 3.86. The Hall–Kier alpha value is -3.32. The number of likely N-dealkylation sites (tertiary alicyclic amines) is 1. The molecule has 0 bridgehead atoms. The van der Waals surface area contributed by atoms with Gasteiger partial charge in [0, 0.05) is 31.4 Å². The number of ketones is 1. The van der Waals surface area contributed by atoms with Crippen LogP contribution in [0, 0.1) is 6.92 Å². The number of rotatable bonds is 9. The summed E-state index contributed by atoms with van der Waals surface area (Å²) in [5.74, 6) is -0.363. The first-order chi connectivity index (χ1) is 15.4. The summed E-state index contributed by atoms with van der Waals surface area (Å²) in [4.78, 5) is 27.5. The van der Waals surface area contributed by atoms with Crippen molar-refractivity contribution in [3.63, 3.8) is 0 Å². The Balaban J connectivity index is 2.15. The number of hydrogen-bond acceptors (Lipinski definition) is 6. The molecule has 2 aromatic rings. The van der Waals surface area contributed by atoms with Gasteiger partial charge in [-0.15, -0.1) is 0 Å². The third-order valence-electron chi connectivity index (χ3n) is 5.47. The zero-order valence-electron chi connectivity index (χ0n) is 18.9. The molecule has 1 N–H and O–H groups in total. The molecule has 2 aromatic carbocycles. The number of aryl methyl sites for hydroxylation is 1. The Morgan fingerprint density at radius 3 is 2.50 bits per heavy atom. The van der Waals surface area contributed by atoms with E-state index in [1.165, 1.54) is 12.0 Å². The van der Waals surface area contributed by atoms with Crippen molar-refractivity contribution in [3.05, 3.63) is 64.7 Å². The van der Waals surface area contributed by atoms with Crippen LogP contribution in [0.3, 0.4) is 0 Å². The Morgan fingerprint density at radius 1 is 1.09 bits per heavy atom. The van der Waals surface area contributed by atoms with Crippen LogP contribution < -0.4 is 9.47 Å². The molecule has 1 amide bonds. The lowest BCUT2D eigenvalue weighted by Crippen LogP contribution is -2.31. The summed E-state index contributed by atoms with van der Waals surface area (Å²) in [5, 5.41) is 11.2. The van der Waals surface area contributed by atoms with E-state index in [2.05, 4.69) is 0 Å². The Morgan fingerprint density at radius 2 is 1.84 bits per heavy atom. The van der Waals surface area contributed by atoms with E-state index in [0.717, 1.165) is 5.56 Å². The molecule has 0 spiro atoms. The highest BCUT2D eigenvalue weighted by molar-refractivity contribution is 6.46. The number of ether oxygens (including phenoxy) is 3. The van der Waals surface area contributed by atoms with E-state index in [-0.39, 0.29) is 11.3 Å². The van der Waals surface area contributed by atoms with Crippen LogP contribution in [0.5, 0.6) is 11.5 Å². The second-order valence-corrected chi connectivity index (χ2v) is 7.49. The monoisotopic (exact) mass is 439 g/mol. The van der Waals surface area contributed by atoms with Gasteiger partial charge < -0.3 is 24.2 Å². The van der Waals surface area contributed by atoms with Crippen LogP contribution in [0.1, 0.15) is 36.1 Å². The molecular formula is C25H29NO6. The maximum atomic E-state index is 13.1. The quantitative estimate of drug-likeness (QED) is 0.276. The molecule has 1 fully saturated rings. The number of amides is 1. The topological polar surface area (TPSA) is 85.3 Å². The SMILES string of the molecule is CCOc1ccc(/C(O)=C2\C(=O)C(=O)N(CCCOC)C2c2ccccc2OC)cc1C. The molecule has 0 aliphatic carbocycles. The lowest BCUT2D eigenvalue weighted by molar-refractivity contribution is -0.140. The van der Waals surface area contributed by atoms with Crippen LogP contribution in [0.4, 0.5) is 0 Å². The van der Waals surface area contributed by atoms with Crippen molar-refractivity contribution >= 4 is 17.4 Å². The molecule has 3 rings (SSSR count). The highest BCUT2D eigenvalue weighted by Gasteiger charge is 2.46. The first-order valence-electron chi connectivity index (χ1n) is 10.6. The Kier molecular flexibility index (Phi) is 7.53. The third-order valence-corrected chi connectivity index (χ3v) is 5.47. The summed E-state index contributed by atoms with van der Waals surface area (Å²) in [6.07, 6.45) is 0.553. The number of para-hydroxylation sites is 1. The van der Waals surface area contributed by atoms with Gasteiger partial charge in [0.1, 0.15) is 17.3 Å². The third kappa shape index (κ3) is 4.48. The minimum Gasteiger partial charge on any atom is -0.507 e. The molecule has 0 saturated carbocycles. The molecule has 1 heterocycles. The van der Waals surface area contributed by atoms with Gasteiger partial charge in [-0.1, -0.05) is 18.2 Å². The molecule has 170 valence electrons. The summed E-state index contributed by atoms with van der Waals surface area (Å²) in [7, 11) is 3.12. The lowest BCUT2D eigenvalue weighted by Gasteiger charge is -2.26. The zero-order chi connectivity index (χ0) is 23.3. The van der Waals surface area contributed by atoms with E-state index < -0.39 is 17.7 Å². The summed E-state index contributed by atoms with van der Waals surface area (Å²) in [6, 6.07) is 11.6. The van der Waals surface area contributed by atoms with Gasteiger partial charge in [0.15, 0.2) is 0 Å². The fourth-order valence-corrected chi connectivity index (χ4v) is 3.98. The van der Waals surface area contributed by atoms with Crippen molar-refractivity contribution in [1.29, 1.82) is 0 Å². The number of aliphatic hydroxyl groups excluding tert-OH is 1. The van der Waals surface area contributed by atoms with Gasteiger partial charge >= 0.3 is 0 Å². The van der Waals surface area contributed by atoms with Gasteiger partial charge in [-0.05, 0) is 50.1 Å². The minimum absolute atomic E-state index is 0.0421. The van der Waals surface area contributed by atoms with Crippen LogP contribution in [0.2, 0.25) is 0 Å². The van der Waals surface area contributed by atoms with Gasteiger partial charge in [-0.3, -0.25) is 9.59 Å². The number of aliphatic hydroxyl groups is 1. The Labute approximate surface area is 188 Å². The first kappa shape index (κ1) is 23.3. The molecule has 1 aliphatic heterocycles. The van der Waals surface area contributed by atoms with Crippen LogP contribution in [-0.2, 0) is 14.3 Å². The molecule has 0 aromatic heterocycles. The van der Waals surface area contributed by atoms with Crippen LogP contribution in [0.15, 0.2) is 48.0 Å². The van der Waals surface area contributed by atoms with E-state index in [0.29, 0.717) is 48.8 Å². The first-order valence-corrected chi connectivity index (χ1v) is 10.6. The van der Waals surface area contributed by atoms with Crippen molar-refractivity contribution < 1.29 is 28.9 Å². The van der Waals surface area contributed by atoms with Gasteiger partial charge in [0.25, 0.3) is 11.7 Å². The van der Waals surface area contributed by atoms with Crippen molar-refractivity contribution in [2.75, 3.05) is 34.0 Å². The molecule has 32 heavy (non-hydrogen) atoms. The number of benzene rings is 2. The van der Waals surface area contributed by atoms with Crippen LogP contribution in [-0.4, -0.2) is 55.7 Å². The highest BCUT2D eigenvalue weighted by Crippen LogP contribution is 2.42. The summed E-state index contributed by atoms with van der Waals surface area (Å²) < 4.78 is 16.2. The maximum Gasteiger partial charge on any atom is 0.295 e. The second-order valence-electron chi connectivity index (χ2n) is 7.49. The van der Waals surface area contributed by atoms with E-state index in [9.17, 15) is 14.7 Å². The van der Waals surface area contributed by atoms with Crippen molar-refractivity contribution in [2.45, 2.75) is 26.3 Å². The van der Waals surface area contributed by atoms with E-state index >= 15 is 0 Å². The normalized spacial score (nSPS) is 17.6. The largest absolute Gasteiger partial charge is 0.507 e. The fraction of sp³-hybridized carbons (Fsp3) is 0.360. The van der Waals surface area contributed by atoms with Gasteiger partial charge in [0.2, 0.25) is 0 Å². The van der Waals surface area contributed by atoms with Crippen molar-refractivity contribution in [3.8, 4) is 11.5 Å². The molecule has 7 nitrogen and oxygen atoms in total. The van der Waals surface area contributed by atoms with Gasteiger partial charge in [-0.25, -0.2) is 0 Å². The molecule has 0 radical (unpaired) electrons. The molecular weight excluding hydrogens is 410 g/mol. The Bertz CT molecular complexity index is 1030. The number of carbonyl (C=O) groups excluding carboxylic acids is 2. The predicted molar refractivity (Wildman–Crippen MR) is 121 cm³/mol. The summed E-state index contributed by atoms with van der Waals surface area (Å²) in [5.41, 5.74) is 1.94. The van der Waals surface area contributed by atoms with Crippen molar-refractivity contribution in [2.24, 2.45) is 0 Å². The molecule has 1 atom stereocenters.